The van der Waals surface area contributed by atoms with E-state index in [0.717, 1.165) is 0 Å². The molecule has 0 aromatic carbocycles. The summed E-state index contributed by atoms with van der Waals surface area (Å²) in [6.45, 7) is 0. The summed E-state index contributed by atoms with van der Waals surface area (Å²) in [5.74, 6) is -0.274. The van der Waals surface area contributed by atoms with Crippen molar-refractivity contribution in [2.75, 3.05) is 0 Å². The maximum atomic E-state index is 10.1. The molecule has 0 bridgehead atoms. The standard InChI is InChI=1S/C7H5NO3/c9-3-5-1-7(11)6(4-10)8-2-5/h1-4,11H. The van der Waals surface area contributed by atoms with Crippen LogP contribution in [0.5, 0.6) is 5.75 Å². The molecule has 4 nitrogen and oxygen atoms in total. The molecule has 0 aliphatic heterocycles. The van der Waals surface area contributed by atoms with Gasteiger partial charge in [0, 0.05) is 11.8 Å². The van der Waals surface area contributed by atoms with E-state index in [2.05, 4.69) is 4.98 Å². The van der Waals surface area contributed by atoms with Gasteiger partial charge < -0.3 is 5.11 Å². The number of pyridine rings is 1. The van der Waals surface area contributed by atoms with Crippen LogP contribution in [0.2, 0.25) is 0 Å². The van der Waals surface area contributed by atoms with Crippen LogP contribution < -0.4 is 0 Å². The zero-order valence-corrected chi connectivity index (χ0v) is 5.52. The first kappa shape index (κ1) is 7.40. The lowest BCUT2D eigenvalue weighted by atomic mass is 10.2. The highest BCUT2D eigenvalue weighted by Crippen LogP contribution is 2.12. The summed E-state index contributed by atoms with van der Waals surface area (Å²) in [7, 11) is 0. The molecule has 0 spiro atoms. The van der Waals surface area contributed by atoms with Gasteiger partial charge in [-0.05, 0) is 6.07 Å². The molecular formula is C7H5NO3. The van der Waals surface area contributed by atoms with Crippen molar-refractivity contribution in [3.8, 4) is 5.75 Å². The molecule has 0 unspecified atom stereocenters. The van der Waals surface area contributed by atoms with E-state index in [1.165, 1.54) is 12.3 Å². The van der Waals surface area contributed by atoms with Crippen LogP contribution in [-0.2, 0) is 0 Å². The van der Waals surface area contributed by atoms with Crippen LogP contribution >= 0.6 is 0 Å². The second kappa shape index (κ2) is 2.92. The van der Waals surface area contributed by atoms with Crippen molar-refractivity contribution in [1.29, 1.82) is 0 Å². The molecule has 56 valence electrons. The van der Waals surface area contributed by atoms with E-state index in [9.17, 15) is 9.59 Å². The van der Waals surface area contributed by atoms with Gasteiger partial charge in [-0.15, -0.1) is 0 Å². The molecule has 0 fully saturated rings. The first-order chi connectivity index (χ1) is 5.27. The van der Waals surface area contributed by atoms with Crippen molar-refractivity contribution in [3.05, 3.63) is 23.5 Å². The van der Waals surface area contributed by atoms with E-state index in [-0.39, 0.29) is 17.0 Å². The fourth-order valence-corrected chi connectivity index (χ4v) is 0.635. The molecule has 1 rings (SSSR count). The number of aldehydes is 2. The minimum atomic E-state index is -0.274. The van der Waals surface area contributed by atoms with Crippen molar-refractivity contribution < 1.29 is 14.7 Å². The van der Waals surface area contributed by atoms with E-state index in [0.29, 0.717) is 12.6 Å². The van der Waals surface area contributed by atoms with Crippen molar-refractivity contribution >= 4 is 12.6 Å². The van der Waals surface area contributed by atoms with Gasteiger partial charge in [0.25, 0.3) is 0 Å². The minimum Gasteiger partial charge on any atom is -0.506 e. The second-order valence-electron chi connectivity index (χ2n) is 1.91. The molecule has 0 amide bonds. The number of nitrogens with zero attached hydrogens (tertiary/aromatic N) is 1. The van der Waals surface area contributed by atoms with Crippen LogP contribution in [0.25, 0.3) is 0 Å². The van der Waals surface area contributed by atoms with Crippen molar-refractivity contribution in [3.63, 3.8) is 0 Å². The third kappa shape index (κ3) is 1.40. The van der Waals surface area contributed by atoms with Gasteiger partial charge in [-0.25, -0.2) is 4.98 Å². The van der Waals surface area contributed by atoms with Gasteiger partial charge in [0.2, 0.25) is 0 Å². The average molecular weight is 151 g/mol. The largest absolute Gasteiger partial charge is 0.506 e. The summed E-state index contributed by atoms with van der Waals surface area (Å²) in [6, 6.07) is 1.18. The molecule has 0 saturated heterocycles. The number of hydrogen-bond donors (Lipinski definition) is 1. The summed E-state index contributed by atoms with van der Waals surface area (Å²) in [4.78, 5) is 23.8. The number of carbonyl (C=O) groups excluding carboxylic acids is 2. The average Bonchev–Trinajstić information content (AvgIpc) is 2.04. The zero-order valence-electron chi connectivity index (χ0n) is 5.52. The molecule has 0 atom stereocenters. The van der Waals surface area contributed by atoms with Crippen LogP contribution in [-0.4, -0.2) is 22.7 Å². The Hall–Kier alpha value is -1.71. The summed E-state index contributed by atoms with van der Waals surface area (Å²) in [6.07, 6.45) is 2.18. The molecule has 0 aliphatic carbocycles. The van der Waals surface area contributed by atoms with Crippen LogP contribution in [0.15, 0.2) is 12.3 Å². The number of rotatable bonds is 2. The lowest BCUT2D eigenvalue weighted by Gasteiger charge is -1.94. The van der Waals surface area contributed by atoms with E-state index >= 15 is 0 Å². The smallest absolute Gasteiger partial charge is 0.172 e. The Balaban J connectivity index is 3.18. The molecule has 0 radical (unpaired) electrons. The lowest BCUT2D eigenvalue weighted by molar-refractivity contribution is 0.110. The minimum absolute atomic E-state index is 0.0596. The van der Waals surface area contributed by atoms with Crippen LogP contribution in [0.4, 0.5) is 0 Å². The van der Waals surface area contributed by atoms with Gasteiger partial charge in [-0.2, -0.15) is 0 Å². The van der Waals surface area contributed by atoms with E-state index in [1.807, 2.05) is 0 Å². The van der Waals surface area contributed by atoms with Crippen molar-refractivity contribution in [2.45, 2.75) is 0 Å². The molecule has 11 heavy (non-hydrogen) atoms. The Labute approximate surface area is 62.5 Å². The van der Waals surface area contributed by atoms with Crippen LogP contribution in [0.3, 0.4) is 0 Å². The second-order valence-corrected chi connectivity index (χ2v) is 1.91. The summed E-state index contributed by atoms with van der Waals surface area (Å²) in [5, 5.41) is 8.97. The molecule has 4 heteroatoms. The summed E-state index contributed by atoms with van der Waals surface area (Å²) in [5.41, 5.74) is 0.184. The quantitative estimate of drug-likeness (QED) is 0.621. The fraction of sp³-hybridized carbons (Fsp3) is 0. The molecule has 1 N–H and O–H groups in total. The van der Waals surface area contributed by atoms with E-state index in [4.69, 9.17) is 5.11 Å². The molecular weight excluding hydrogens is 146 g/mol. The highest BCUT2D eigenvalue weighted by molar-refractivity contribution is 5.80. The van der Waals surface area contributed by atoms with Gasteiger partial charge in [0.15, 0.2) is 12.6 Å². The van der Waals surface area contributed by atoms with Gasteiger partial charge in [-0.3, -0.25) is 9.59 Å². The number of hydrogen-bond acceptors (Lipinski definition) is 4. The number of aromatic nitrogens is 1. The Kier molecular flexibility index (Phi) is 1.96. The Morgan fingerprint density at radius 1 is 1.36 bits per heavy atom. The Morgan fingerprint density at radius 2 is 2.09 bits per heavy atom. The first-order valence-electron chi connectivity index (χ1n) is 2.87. The molecule has 0 saturated carbocycles. The highest BCUT2D eigenvalue weighted by atomic mass is 16.3. The fourth-order valence-electron chi connectivity index (χ4n) is 0.635. The Morgan fingerprint density at radius 3 is 2.55 bits per heavy atom. The highest BCUT2D eigenvalue weighted by Gasteiger charge is 2.00. The van der Waals surface area contributed by atoms with Crippen molar-refractivity contribution in [2.24, 2.45) is 0 Å². The number of carbonyl (C=O) groups is 2. The van der Waals surface area contributed by atoms with Gasteiger partial charge >= 0.3 is 0 Å². The first-order valence-corrected chi connectivity index (χ1v) is 2.87. The van der Waals surface area contributed by atoms with Crippen LogP contribution in [0, 0.1) is 0 Å². The molecule has 1 aromatic rings. The van der Waals surface area contributed by atoms with Crippen LogP contribution in [0.1, 0.15) is 20.8 Å². The van der Waals surface area contributed by atoms with E-state index < -0.39 is 0 Å². The Bertz CT molecular complexity index is 296. The summed E-state index contributed by atoms with van der Waals surface area (Å²) < 4.78 is 0. The predicted octanol–water partition coefficient (Wildman–Crippen LogP) is 0.412. The molecule has 1 heterocycles. The van der Waals surface area contributed by atoms with Gasteiger partial charge in [0.05, 0.1) is 0 Å². The lowest BCUT2D eigenvalue weighted by Crippen LogP contribution is -1.89. The molecule has 0 aliphatic rings. The number of aromatic hydroxyl groups is 1. The maximum absolute atomic E-state index is 10.1. The topological polar surface area (TPSA) is 67.3 Å². The monoisotopic (exact) mass is 151 g/mol. The summed E-state index contributed by atoms with van der Waals surface area (Å²) >= 11 is 0. The molecule has 1 aromatic heterocycles. The van der Waals surface area contributed by atoms with Gasteiger partial charge in [-0.1, -0.05) is 0 Å². The maximum Gasteiger partial charge on any atom is 0.172 e. The third-order valence-electron chi connectivity index (χ3n) is 1.17. The van der Waals surface area contributed by atoms with Gasteiger partial charge in [0.1, 0.15) is 11.4 Å². The normalized spacial score (nSPS) is 9.09. The van der Waals surface area contributed by atoms with Crippen molar-refractivity contribution in [1.82, 2.24) is 4.98 Å². The third-order valence-corrected chi connectivity index (χ3v) is 1.17. The SMILES string of the molecule is O=Cc1cnc(C=O)c(O)c1. The predicted molar refractivity (Wildman–Crippen MR) is 36.7 cm³/mol. The van der Waals surface area contributed by atoms with E-state index in [1.54, 1.807) is 0 Å². The zero-order chi connectivity index (χ0) is 8.27.